The van der Waals surface area contributed by atoms with Gasteiger partial charge in [0.05, 0.1) is 6.10 Å². The molecule has 0 saturated heterocycles. The molecule has 2 heteroatoms. The van der Waals surface area contributed by atoms with Crippen LogP contribution in [0.2, 0.25) is 0 Å². The van der Waals surface area contributed by atoms with Gasteiger partial charge in [-0.2, -0.15) is 0 Å². The largest absolute Gasteiger partial charge is 0.376 e. The summed E-state index contributed by atoms with van der Waals surface area (Å²) in [5, 5.41) is 3.58. The van der Waals surface area contributed by atoms with Crippen LogP contribution in [0.1, 0.15) is 47.5 Å². The fourth-order valence-electron chi connectivity index (χ4n) is 2.46. The van der Waals surface area contributed by atoms with Crippen molar-refractivity contribution in [3.8, 4) is 0 Å². The lowest BCUT2D eigenvalue weighted by molar-refractivity contribution is 0.0130. The van der Waals surface area contributed by atoms with Crippen molar-refractivity contribution < 1.29 is 4.74 Å². The van der Waals surface area contributed by atoms with E-state index in [0.29, 0.717) is 23.5 Å². The molecule has 1 rings (SSSR count). The van der Waals surface area contributed by atoms with E-state index in [-0.39, 0.29) is 0 Å². The highest BCUT2D eigenvalue weighted by Crippen LogP contribution is 2.39. The smallest absolute Gasteiger partial charge is 0.0733 e. The van der Waals surface area contributed by atoms with Crippen LogP contribution in [0.15, 0.2) is 0 Å². The molecule has 0 aromatic carbocycles. The number of hydrogen-bond acceptors (Lipinski definition) is 2. The number of nitrogens with one attached hydrogen (secondary N) is 1. The molecular weight excluding hydrogens is 186 g/mol. The van der Waals surface area contributed by atoms with Gasteiger partial charge in [-0.25, -0.2) is 0 Å². The van der Waals surface area contributed by atoms with Crippen LogP contribution in [0.25, 0.3) is 0 Å². The van der Waals surface area contributed by atoms with E-state index in [4.69, 9.17) is 4.74 Å². The van der Waals surface area contributed by atoms with Crippen LogP contribution < -0.4 is 5.32 Å². The van der Waals surface area contributed by atoms with Crippen LogP contribution >= 0.6 is 0 Å². The molecule has 0 heterocycles. The number of hydrogen-bond donors (Lipinski definition) is 1. The van der Waals surface area contributed by atoms with Crippen LogP contribution in [0.5, 0.6) is 0 Å². The average molecular weight is 213 g/mol. The van der Waals surface area contributed by atoms with Gasteiger partial charge >= 0.3 is 0 Å². The number of ether oxygens (including phenoxy) is 1. The zero-order chi connectivity index (χ0) is 11.5. The molecule has 2 unspecified atom stereocenters. The van der Waals surface area contributed by atoms with Gasteiger partial charge in [-0.15, -0.1) is 0 Å². The fourth-order valence-corrected chi connectivity index (χ4v) is 2.46. The topological polar surface area (TPSA) is 21.3 Å². The van der Waals surface area contributed by atoms with E-state index < -0.39 is 0 Å². The van der Waals surface area contributed by atoms with E-state index >= 15 is 0 Å². The predicted molar refractivity (Wildman–Crippen MR) is 65.1 cm³/mol. The van der Waals surface area contributed by atoms with Crippen LogP contribution in [-0.2, 0) is 4.74 Å². The summed E-state index contributed by atoms with van der Waals surface area (Å²) >= 11 is 0. The Morgan fingerprint density at radius 1 is 1.40 bits per heavy atom. The van der Waals surface area contributed by atoms with Crippen LogP contribution in [0, 0.1) is 11.3 Å². The Balaban J connectivity index is 2.49. The standard InChI is InChI=1S/C13H27NO/c1-6-14-12-11(15-9-10(2)3)7-8-13(12,4)5/h10-12,14H,6-9H2,1-5H3. The highest BCUT2D eigenvalue weighted by atomic mass is 16.5. The zero-order valence-corrected chi connectivity index (χ0v) is 11.0. The lowest BCUT2D eigenvalue weighted by Crippen LogP contribution is -2.45. The molecule has 1 fully saturated rings. The highest BCUT2D eigenvalue weighted by Gasteiger charge is 2.41. The molecule has 2 nitrogen and oxygen atoms in total. The van der Waals surface area contributed by atoms with Crippen molar-refractivity contribution in [3.05, 3.63) is 0 Å². The van der Waals surface area contributed by atoms with Gasteiger partial charge < -0.3 is 10.1 Å². The fraction of sp³-hybridized carbons (Fsp3) is 1.00. The lowest BCUT2D eigenvalue weighted by atomic mass is 9.87. The van der Waals surface area contributed by atoms with Gasteiger partial charge in [0.25, 0.3) is 0 Å². The van der Waals surface area contributed by atoms with Gasteiger partial charge in [-0.3, -0.25) is 0 Å². The Morgan fingerprint density at radius 2 is 2.07 bits per heavy atom. The molecule has 0 amide bonds. The van der Waals surface area contributed by atoms with Crippen molar-refractivity contribution in [2.24, 2.45) is 11.3 Å². The third-order valence-corrected chi connectivity index (χ3v) is 3.35. The molecule has 0 radical (unpaired) electrons. The third-order valence-electron chi connectivity index (χ3n) is 3.35. The minimum absolute atomic E-state index is 0.387. The second-order valence-corrected chi connectivity index (χ2v) is 5.83. The van der Waals surface area contributed by atoms with Crippen molar-refractivity contribution in [1.29, 1.82) is 0 Å². The second-order valence-electron chi connectivity index (χ2n) is 5.83. The molecule has 0 spiro atoms. The van der Waals surface area contributed by atoms with E-state index in [0.717, 1.165) is 13.2 Å². The van der Waals surface area contributed by atoms with Crippen molar-refractivity contribution in [3.63, 3.8) is 0 Å². The quantitative estimate of drug-likeness (QED) is 0.758. The normalized spacial score (nSPS) is 30.0. The number of rotatable bonds is 5. The number of likely N-dealkylation sites (N-methyl/N-ethyl adjacent to an activating group) is 1. The molecule has 2 atom stereocenters. The molecule has 15 heavy (non-hydrogen) atoms. The van der Waals surface area contributed by atoms with Crippen molar-refractivity contribution in [1.82, 2.24) is 5.32 Å². The maximum Gasteiger partial charge on any atom is 0.0733 e. The minimum Gasteiger partial charge on any atom is -0.376 e. The second kappa shape index (κ2) is 5.31. The van der Waals surface area contributed by atoms with Gasteiger partial charge in [0.1, 0.15) is 0 Å². The summed E-state index contributed by atoms with van der Waals surface area (Å²) in [6, 6.07) is 0.529. The van der Waals surface area contributed by atoms with E-state index in [1.165, 1.54) is 12.8 Å². The highest BCUT2D eigenvalue weighted by molar-refractivity contribution is 4.97. The minimum atomic E-state index is 0.387. The van der Waals surface area contributed by atoms with E-state index in [1.54, 1.807) is 0 Å². The summed E-state index contributed by atoms with van der Waals surface area (Å²) < 4.78 is 6.00. The summed E-state index contributed by atoms with van der Waals surface area (Å²) in [6.07, 6.45) is 2.90. The van der Waals surface area contributed by atoms with Crippen LogP contribution in [-0.4, -0.2) is 25.3 Å². The predicted octanol–water partition coefficient (Wildman–Crippen LogP) is 2.83. The Labute approximate surface area is 94.8 Å². The van der Waals surface area contributed by atoms with Crippen molar-refractivity contribution in [2.75, 3.05) is 13.2 Å². The Bertz CT molecular complexity index is 189. The van der Waals surface area contributed by atoms with Crippen LogP contribution in [0.3, 0.4) is 0 Å². The lowest BCUT2D eigenvalue weighted by Gasteiger charge is -2.31. The van der Waals surface area contributed by atoms with E-state index in [9.17, 15) is 0 Å². The molecule has 1 N–H and O–H groups in total. The summed E-state index contributed by atoms with van der Waals surface area (Å²) in [7, 11) is 0. The molecule has 90 valence electrons. The van der Waals surface area contributed by atoms with Gasteiger partial charge in [0.2, 0.25) is 0 Å². The van der Waals surface area contributed by atoms with Crippen molar-refractivity contribution in [2.45, 2.75) is 59.6 Å². The third kappa shape index (κ3) is 3.46. The molecule has 0 aromatic rings. The Hall–Kier alpha value is -0.0800. The zero-order valence-electron chi connectivity index (χ0n) is 11.0. The molecule has 1 aliphatic carbocycles. The maximum atomic E-state index is 6.00. The maximum absolute atomic E-state index is 6.00. The first-order valence-corrected chi connectivity index (χ1v) is 6.32. The molecule has 1 aliphatic rings. The molecule has 0 bridgehead atoms. The Morgan fingerprint density at radius 3 is 2.60 bits per heavy atom. The molecule has 1 saturated carbocycles. The van der Waals surface area contributed by atoms with Crippen LogP contribution in [0.4, 0.5) is 0 Å². The first-order chi connectivity index (χ1) is 6.97. The van der Waals surface area contributed by atoms with Crippen molar-refractivity contribution >= 4 is 0 Å². The van der Waals surface area contributed by atoms with Gasteiger partial charge in [-0.1, -0.05) is 34.6 Å². The summed E-state index contributed by atoms with van der Waals surface area (Å²) in [4.78, 5) is 0. The first-order valence-electron chi connectivity index (χ1n) is 6.32. The monoisotopic (exact) mass is 213 g/mol. The van der Waals surface area contributed by atoms with Gasteiger partial charge in [0.15, 0.2) is 0 Å². The molecular formula is C13H27NO. The van der Waals surface area contributed by atoms with E-state index in [1.807, 2.05) is 0 Å². The Kier molecular flexibility index (Phi) is 4.60. The van der Waals surface area contributed by atoms with E-state index in [2.05, 4.69) is 39.9 Å². The molecule has 0 aliphatic heterocycles. The summed E-state index contributed by atoms with van der Waals surface area (Å²) in [5.74, 6) is 0.635. The SMILES string of the molecule is CCNC1C(OCC(C)C)CCC1(C)C. The first kappa shape index (κ1) is 13.0. The van der Waals surface area contributed by atoms with Gasteiger partial charge in [0, 0.05) is 12.6 Å². The average Bonchev–Trinajstić information content (AvgIpc) is 2.41. The summed E-state index contributed by atoms with van der Waals surface area (Å²) in [6.45, 7) is 13.2. The van der Waals surface area contributed by atoms with Gasteiger partial charge in [-0.05, 0) is 30.7 Å². The summed E-state index contributed by atoms with van der Waals surface area (Å²) in [5.41, 5.74) is 0.387. The molecule has 0 aromatic heterocycles.